The smallest absolute Gasteiger partial charge is 0.253 e. The molecule has 1 N–H and O–H groups in total. The van der Waals surface area contributed by atoms with E-state index in [1.807, 2.05) is 23.7 Å². The van der Waals surface area contributed by atoms with Crippen LogP contribution in [0.1, 0.15) is 72.3 Å². The van der Waals surface area contributed by atoms with Gasteiger partial charge in [0.2, 0.25) is 0 Å². The molecule has 1 saturated heterocycles. The van der Waals surface area contributed by atoms with Crippen molar-refractivity contribution in [2.24, 2.45) is 0 Å². The van der Waals surface area contributed by atoms with Gasteiger partial charge < -0.3 is 4.98 Å². The second-order valence-corrected chi connectivity index (χ2v) is 11.7. The third-order valence-electron chi connectivity index (χ3n) is 8.39. The van der Waals surface area contributed by atoms with Crippen molar-refractivity contribution < 1.29 is 0 Å². The molecule has 2 aromatic heterocycles. The molecule has 1 unspecified atom stereocenters. The molecular formula is C30H36ClN7O. The van der Waals surface area contributed by atoms with Crippen LogP contribution in [0.5, 0.6) is 0 Å². The van der Waals surface area contributed by atoms with Crippen LogP contribution >= 0.6 is 11.6 Å². The van der Waals surface area contributed by atoms with Crippen molar-refractivity contribution in [3.63, 3.8) is 0 Å². The summed E-state index contributed by atoms with van der Waals surface area (Å²) in [6.45, 7) is 8.46. The van der Waals surface area contributed by atoms with Crippen LogP contribution < -0.4 is 5.56 Å². The highest BCUT2D eigenvalue weighted by molar-refractivity contribution is 6.30. The first-order valence-electron chi connectivity index (χ1n) is 14.1. The molecule has 1 atom stereocenters. The Morgan fingerprint density at radius 2 is 1.74 bits per heavy atom. The number of aromatic nitrogens is 5. The van der Waals surface area contributed by atoms with E-state index in [1.54, 1.807) is 0 Å². The fraction of sp³-hybridized carbons (Fsp3) is 0.467. The predicted octanol–water partition coefficient (Wildman–Crippen LogP) is 5.20. The molecule has 39 heavy (non-hydrogen) atoms. The summed E-state index contributed by atoms with van der Waals surface area (Å²) in [5.41, 5.74) is 5.05. The van der Waals surface area contributed by atoms with Gasteiger partial charge in [-0.15, -0.1) is 5.10 Å². The Hall–Kier alpha value is -3.07. The maximum absolute atomic E-state index is 13.7. The zero-order valence-electron chi connectivity index (χ0n) is 22.7. The summed E-state index contributed by atoms with van der Waals surface area (Å²) in [4.78, 5) is 21.7. The minimum atomic E-state index is -0.312. The largest absolute Gasteiger partial charge is 0.321 e. The van der Waals surface area contributed by atoms with Gasteiger partial charge in [0, 0.05) is 43.3 Å². The number of benzene rings is 2. The molecule has 3 heterocycles. The molecule has 0 bridgehead atoms. The lowest BCUT2D eigenvalue weighted by Gasteiger charge is -2.39. The van der Waals surface area contributed by atoms with E-state index < -0.39 is 0 Å². The highest BCUT2D eigenvalue weighted by Gasteiger charge is 2.34. The van der Waals surface area contributed by atoms with E-state index in [9.17, 15) is 4.79 Å². The summed E-state index contributed by atoms with van der Waals surface area (Å²) in [5.74, 6) is 0.780. The van der Waals surface area contributed by atoms with Crippen molar-refractivity contribution in [1.82, 2.24) is 35.0 Å². The van der Waals surface area contributed by atoms with Crippen molar-refractivity contribution in [2.75, 3.05) is 26.2 Å². The molecule has 4 aromatic rings. The number of tetrazole rings is 1. The highest BCUT2D eigenvalue weighted by atomic mass is 35.5. The van der Waals surface area contributed by atoms with E-state index in [0.717, 1.165) is 72.9 Å². The molecule has 1 saturated carbocycles. The second-order valence-electron chi connectivity index (χ2n) is 11.2. The first-order chi connectivity index (χ1) is 19.0. The van der Waals surface area contributed by atoms with Gasteiger partial charge in [0.05, 0.1) is 11.6 Å². The number of hydrogen-bond acceptors (Lipinski definition) is 6. The van der Waals surface area contributed by atoms with Crippen molar-refractivity contribution in [3.05, 3.63) is 85.9 Å². The Labute approximate surface area is 234 Å². The van der Waals surface area contributed by atoms with Crippen molar-refractivity contribution in [1.29, 1.82) is 0 Å². The first-order valence-corrected chi connectivity index (χ1v) is 14.5. The fourth-order valence-corrected chi connectivity index (χ4v) is 6.53. The number of pyridine rings is 1. The standard InChI is InChI=1S/C30H36ClN7O/c1-20-16-21(2)27-23(17-20)18-26(30(39)32-27)28(29-33-34-35-38(29)25-6-4-3-5-7-25)37-14-12-36(13-15-37)19-22-8-10-24(31)11-9-22/h8-11,16-18,25,28H,3-7,12-15,19H2,1-2H3,(H,32,39). The molecule has 0 radical (unpaired) electrons. The van der Waals surface area contributed by atoms with Crippen molar-refractivity contribution in [2.45, 2.75) is 64.6 Å². The average molecular weight is 546 g/mol. The number of piperazine rings is 1. The predicted molar refractivity (Wildman–Crippen MR) is 154 cm³/mol. The quantitative estimate of drug-likeness (QED) is 0.359. The van der Waals surface area contributed by atoms with Crippen molar-refractivity contribution in [3.8, 4) is 0 Å². The summed E-state index contributed by atoms with van der Waals surface area (Å²) in [6.07, 6.45) is 5.79. The Kier molecular flexibility index (Phi) is 7.51. The molecular weight excluding hydrogens is 510 g/mol. The number of aromatic amines is 1. The lowest BCUT2D eigenvalue weighted by atomic mass is 9.95. The van der Waals surface area contributed by atoms with Crippen LogP contribution in [0.2, 0.25) is 5.02 Å². The minimum absolute atomic E-state index is 0.0683. The van der Waals surface area contributed by atoms with E-state index in [2.05, 4.69) is 67.6 Å². The van der Waals surface area contributed by atoms with Gasteiger partial charge >= 0.3 is 0 Å². The molecule has 1 aliphatic heterocycles. The summed E-state index contributed by atoms with van der Waals surface area (Å²) in [5, 5.41) is 15.0. The number of rotatable bonds is 6. The summed E-state index contributed by atoms with van der Waals surface area (Å²) in [7, 11) is 0. The monoisotopic (exact) mass is 545 g/mol. The van der Waals surface area contributed by atoms with Crippen LogP contribution in [0.25, 0.3) is 10.9 Å². The summed E-state index contributed by atoms with van der Waals surface area (Å²) < 4.78 is 2.02. The van der Waals surface area contributed by atoms with E-state index in [-0.39, 0.29) is 17.6 Å². The van der Waals surface area contributed by atoms with Crippen LogP contribution in [0, 0.1) is 13.8 Å². The third-order valence-corrected chi connectivity index (χ3v) is 8.64. The maximum Gasteiger partial charge on any atom is 0.253 e. The molecule has 2 aromatic carbocycles. The van der Waals surface area contributed by atoms with Crippen LogP contribution in [-0.4, -0.2) is 61.2 Å². The number of nitrogens with one attached hydrogen (secondary N) is 1. The maximum atomic E-state index is 13.7. The van der Waals surface area contributed by atoms with Crippen LogP contribution in [0.15, 0.2) is 47.3 Å². The van der Waals surface area contributed by atoms with Gasteiger partial charge in [-0.3, -0.25) is 14.6 Å². The molecule has 9 heteroatoms. The van der Waals surface area contributed by atoms with Crippen LogP contribution in [-0.2, 0) is 6.54 Å². The Balaban J connectivity index is 1.35. The van der Waals surface area contributed by atoms with Gasteiger partial charge in [-0.05, 0) is 77.9 Å². The molecule has 6 rings (SSSR count). The normalized spacial score (nSPS) is 18.5. The first kappa shape index (κ1) is 26.2. The zero-order valence-corrected chi connectivity index (χ0v) is 23.5. The van der Waals surface area contributed by atoms with Gasteiger partial charge in [-0.25, -0.2) is 4.68 Å². The van der Waals surface area contributed by atoms with Gasteiger partial charge in [-0.1, -0.05) is 54.6 Å². The van der Waals surface area contributed by atoms with E-state index in [4.69, 9.17) is 11.6 Å². The minimum Gasteiger partial charge on any atom is -0.321 e. The number of nitrogens with zero attached hydrogens (tertiary/aromatic N) is 6. The number of fused-ring (bicyclic) bond motifs is 1. The molecule has 2 aliphatic rings. The van der Waals surface area contributed by atoms with Crippen molar-refractivity contribution >= 4 is 22.5 Å². The number of aryl methyl sites for hydroxylation is 2. The van der Waals surface area contributed by atoms with Crippen LogP contribution in [0.4, 0.5) is 0 Å². The molecule has 8 nitrogen and oxygen atoms in total. The Morgan fingerprint density at radius 3 is 2.49 bits per heavy atom. The van der Waals surface area contributed by atoms with Gasteiger partial charge in [-0.2, -0.15) is 0 Å². The van der Waals surface area contributed by atoms with E-state index in [0.29, 0.717) is 5.56 Å². The Bertz CT molecular complexity index is 1500. The van der Waals surface area contributed by atoms with E-state index in [1.165, 1.54) is 30.4 Å². The molecule has 0 amide bonds. The number of halogens is 1. The van der Waals surface area contributed by atoms with Gasteiger partial charge in [0.1, 0.15) is 6.04 Å². The number of H-pyrrole nitrogens is 1. The molecule has 2 fully saturated rings. The SMILES string of the molecule is Cc1cc(C)c2[nH]c(=O)c(C(c3nnnn3C3CCCCC3)N3CCN(Cc4ccc(Cl)cc4)CC3)cc2c1. The average Bonchev–Trinajstić information content (AvgIpc) is 3.42. The highest BCUT2D eigenvalue weighted by Crippen LogP contribution is 2.34. The molecule has 204 valence electrons. The Morgan fingerprint density at radius 1 is 1.00 bits per heavy atom. The topological polar surface area (TPSA) is 82.9 Å². The number of hydrogen-bond donors (Lipinski definition) is 1. The van der Waals surface area contributed by atoms with Gasteiger partial charge in [0.25, 0.3) is 5.56 Å². The third kappa shape index (κ3) is 5.51. The summed E-state index contributed by atoms with van der Waals surface area (Å²) >= 11 is 6.08. The second kappa shape index (κ2) is 11.2. The summed E-state index contributed by atoms with van der Waals surface area (Å²) in [6, 6.07) is 14.4. The van der Waals surface area contributed by atoms with E-state index >= 15 is 0 Å². The van der Waals surface area contributed by atoms with Crippen LogP contribution in [0.3, 0.4) is 0 Å². The molecule has 1 aliphatic carbocycles. The lowest BCUT2D eigenvalue weighted by molar-refractivity contribution is 0.0982. The zero-order chi connectivity index (χ0) is 26.9. The fourth-order valence-electron chi connectivity index (χ4n) is 6.40. The van der Waals surface area contributed by atoms with Gasteiger partial charge in [0.15, 0.2) is 5.82 Å². The lowest BCUT2D eigenvalue weighted by Crippen LogP contribution is -2.48. The molecule has 0 spiro atoms.